The fraction of sp³-hybridized carbons (Fsp3) is 0.643. The average molecular weight is 289 g/mol. The molecule has 0 amide bonds. The summed E-state index contributed by atoms with van der Waals surface area (Å²) in [5, 5.41) is 3.39. The zero-order valence-electron chi connectivity index (χ0n) is 12.7. The predicted octanol–water partition coefficient (Wildman–Crippen LogP) is 0.791. The lowest BCUT2D eigenvalue weighted by atomic mass is 10.1. The van der Waals surface area contributed by atoms with E-state index in [-0.39, 0.29) is 0 Å². The van der Waals surface area contributed by atoms with E-state index < -0.39 is 0 Å². The van der Waals surface area contributed by atoms with Crippen LogP contribution in [0.25, 0.3) is 11.2 Å². The Hall–Kier alpha value is -1.73. The zero-order chi connectivity index (χ0) is 14.7. The molecule has 1 unspecified atom stereocenters. The molecule has 1 aliphatic heterocycles. The van der Waals surface area contributed by atoms with Crippen molar-refractivity contribution >= 4 is 17.0 Å². The highest BCUT2D eigenvalue weighted by molar-refractivity contribution is 5.81. The summed E-state index contributed by atoms with van der Waals surface area (Å²) in [6, 6.07) is 0.588. The van der Waals surface area contributed by atoms with Crippen LogP contribution in [0.15, 0.2) is 12.7 Å². The summed E-state index contributed by atoms with van der Waals surface area (Å²) in [4.78, 5) is 20.6. The molecule has 2 aromatic rings. The van der Waals surface area contributed by atoms with Gasteiger partial charge >= 0.3 is 0 Å². The molecule has 0 saturated carbocycles. The minimum atomic E-state index is 0.588. The molecule has 2 aromatic heterocycles. The van der Waals surface area contributed by atoms with Crippen LogP contribution in [0, 0.1) is 0 Å². The monoisotopic (exact) mass is 289 g/mol. The van der Waals surface area contributed by atoms with Gasteiger partial charge in [-0.2, -0.15) is 0 Å². The van der Waals surface area contributed by atoms with Gasteiger partial charge in [0.25, 0.3) is 0 Å². The number of rotatable bonds is 5. The Morgan fingerprint density at radius 3 is 2.86 bits per heavy atom. The van der Waals surface area contributed by atoms with Gasteiger partial charge in [0.05, 0.1) is 6.33 Å². The highest BCUT2D eigenvalue weighted by Crippen LogP contribution is 2.15. The third-order valence-corrected chi connectivity index (χ3v) is 4.24. The van der Waals surface area contributed by atoms with E-state index in [1.807, 2.05) is 0 Å². The Kier molecular flexibility index (Phi) is 4.31. The van der Waals surface area contributed by atoms with Crippen LogP contribution in [-0.4, -0.2) is 75.5 Å². The third-order valence-electron chi connectivity index (χ3n) is 4.24. The number of imidazole rings is 1. The molecule has 3 heterocycles. The van der Waals surface area contributed by atoms with E-state index in [2.05, 4.69) is 49.0 Å². The summed E-state index contributed by atoms with van der Waals surface area (Å²) >= 11 is 0. The molecule has 1 fully saturated rings. The molecule has 0 radical (unpaired) electrons. The Balaban J connectivity index is 1.50. The molecule has 1 saturated heterocycles. The molecule has 0 aromatic carbocycles. The smallest absolute Gasteiger partial charge is 0.182 e. The molecule has 7 nitrogen and oxygen atoms in total. The quantitative estimate of drug-likeness (QED) is 0.848. The summed E-state index contributed by atoms with van der Waals surface area (Å²) in [7, 11) is 2.19. The van der Waals surface area contributed by atoms with Crippen molar-refractivity contribution in [2.24, 2.45) is 0 Å². The number of aromatic amines is 1. The standard InChI is InChI=1S/C14H23N7/c1-11(21-7-5-20(2)6-8-21)3-4-15-13-12-14(17-9-16-12)19-10-18-13/h9-11H,3-8H2,1-2H3,(H2,15,16,17,18,19). The maximum absolute atomic E-state index is 4.28. The van der Waals surface area contributed by atoms with E-state index in [9.17, 15) is 0 Å². The van der Waals surface area contributed by atoms with Gasteiger partial charge in [-0.25, -0.2) is 15.0 Å². The topological polar surface area (TPSA) is 73.0 Å². The van der Waals surface area contributed by atoms with Crippen LogP contribution in [0.5, 0.6) is 0 Å². The second-order valence-corrected chi connectivity index (χ2v) is 5.73. The highest BCUT2D eigenvalue weighted by Gasteiger charge is 2.18. The first-order valence-corrected chi connectivity index (χ1v) is 7.54. The molecule has 1 atom stereocenters. The molecule has 0 spiro atoms. The Morgan fingerprint density at radius 2 is 2.05 bits per heavy atom. The number of aromatic nitrogens is 4. The molecule has 7 heteroatoms. The lowest BCUT2D eigenvalue weighted by Gasteiger charge is -2.36. The van der Waals surface area contributed by atoms with Gasteiger partial charge in [0.2, 0.25) is 0 Å². The maximum atomic E-state index is 4.28. The number of anilines is 1. The summed E-state index contributed by atoms with van der Waals surface area (Å²) in [6.07, 6.45) is 4.30. The van der Waals surface area contributed by atoms with Gasteiger partial charge in [0.1, 0.15) is 11.8 Å². The Morgan fingerprint density at radius 1 is 1.24 bits per heavy atom. The van der Waals surface area contributed by atoms with Gasteiger partial charge in [0.15, 0.2) is 11.5 Å². The van der Waals surface area contributed by atoms with E-state index in [4.69, 9.17) is 0 Å². The van der Waals surface area contributed by atoms with Gasteiger partial charge < -0.3 is 15.2 Å². The van der Waals surface area contributed by atoms with Crippen LogP contribution in [0.1, 0.15) is 13.3 Å². The van der Waals surface area contributed by atoms with Gasteiger partial charge in [-0.1, -0.05) is 0 Å². The predicted molar refractivity (Wildman–Crippen MR) is 83.3 cm³/mol. The summed E-state index contributed by atoms with van der Waals surface area (Å²) < 4.78 is 0. The Labute approximate surface area is 124 Å². The fourth-order valence-corrected chi connectivity index (χ4v) is 2.74. The van der Waals surface area contributed by atoms with Gasteiger partial charge in [-0.05, 0) is 20.4 Å². The van der Waals surface area contributed by atoms with Gasteiger partial charge in [0, 0.05) is 38.8 Å². The lowest BCUT2D eigenvalue weighted by molar-refractivity contribution is 0.116. The number of H-pyrrole nitrogens is 1. The number of hydrogen-bond donors (Lipinski definition) is 2. The van der Waals surface area contributed by atoms with Crippen molar-refractivity contribution in [3.05, 3.63) is 12.7 Å². The van der Waals surface area contributed by atoms with Crippen LogP contribution in [0.4, 0.5) is 5.82 Å². The minimum absolute atomic E-state index is 0.588. The molecule has 21 heavy (non-hydrogen) atoms. The lowest BCUT2D eigenvalue weighted by Crippen LogP contribution is -2.48. The normalized spacial score (nSPS) is 19.0. The number of likely N-dealkylation sites (N-methyl/N-ethyl adjacent to an activating group) is 1. The Bertz CT molecular complexity index is 573. The molecule has 114 valence electrons. The van der Waals surface area contributed by atoms with Crippen molar-refractivity contribution in [3.8, 4) is 0 Å². The second-order valence-electron chi connectivity index (χ2n) is 5.73. The minimum Gasteiger partial charge on any atom is -0.368 e. The van der Waals surface area contributed by atoms with E-state index in [0.717, 1.165) is 37.4 Å². The largest absolute Gasteiger partial charge is 0.368 e. The molecular weight excluding hydrogens is 266 g/mol. The third kappa shape index (κ3) is 3.30. The van der Waals surface area contributed by atoms with Crippen LogP contribution < -0.4 is 5.32 Å². The first-order chi connectivity index (χ1) is 10.2. The van der Waals surface area contributed by atoms with E-state index in [1.165, 1.54) is 13.1 Å². The van der Waals surface area contributed by atoms with Crippen molar-refractivity contribution in [3.63, 3.8) is 0 Å². The van der Waals surface area contributed by atoms with E-state index >= 15 is 0 Å². The average Bonchev–Trinajstić information content (AvgIpc) is 2.97. The van der Waals surface area contributed by atoms with Crippen molar-refractivity contribution in [1.82, 2.24) is 29.7 Å². The van der Waals surface area contributed by atoms with Crippen molar-refractivity contribution in [2.75, 3.05) is 45.1 Å². The molecule has 0 aliphatic carbocycles. The molecular formula is C14H23N7. The number of nitrogens with zero attached hydrogens (tertiary/aromatic N) is 5. The van der Waals surface area contributed by atoms with Crippen molar-refractivity contribution in [2.45, 2.75) is 19.4 Å². The van der Waals surface area contributed by atoms with Crippen LogP contribution >= 0.6 is 0 Å². The number of piperazine rings is 1. The SMILES string of the molecule is CC(CCNc1ncnc2nc[nH]c12)N1CCN(C)CC1. The molecule has 3 rings (SSSR count). The second kappa shape index (κ2) is 6.36. The molecule has 1 aliphatic rings. The fourth-order valence-electron chi connectivity index (χ4n) is 2.74. The van der Waals surface area contributed by atoms with Crippen molar-refractivity contribution < 1.29 is 0 Å². The van der Waals surface area contributed by atoms with Crippen LogP contribution in [-0.2, 0) is 0 Å². The maximum Gasteiger partial charge on any atom is 0.182 e. The van der Waals surface area contributed by atoms with Crippen LogP contribution in [0.3, 0.4) is 0 Å². The van der Waals surface area contributed by atoms with E-state index in [0.29, 0.717) is 11.7 Å². The first kappa shape index (κ1) is 14.2. The van der Waals surface area contributed by atoms with E-state index in [1.54, 1.807) is 12.7 Å². The first-order valence-electron chi connectivity index (χ1n) is 7.54. The summed E-state index contributed by atoms with van der Waals surface area (Å²) in [5.41, 5.74) is 1.59. The summed E-state index contributed by atoms with van der Waals surface area (Å²) in [6.45, 7) is 7.86. The zero-order valence-corrected chi connectivity index (χ0v) is 12.7. The highest BCUT2D eigenvalue weighted by atomic mass is 15.3. The van der Waals surface area contributed by atoms with Crippen molar-refractivity contribution in [1.29, 1.82) is 0 Å². The molecule has 0 bridgehead atoms. The van der Waals surface area contributed by atoms with Gasteiger partial charge in [-0.15, -0.1) is 0 Å². The van der Waals surface area contributed by atoms with Crippen LogP contribution in [0.2, 0.25) is 0 Å². The number of nitrogens with one attached hydrogen (secondary N) is 2. The number of fused-ring (bicyclic) bond motifs is 1. The van der Waals surface area contributed by atoms with Gasteiger partial charge in [-0.3, -0.25) is 4.90 Å². The number of hydrogen-bond acceptors (Lipinski definition) is 6. The molecule has 2 N–H and O–H groups in total. The summed E-state index contributed by atoms with van der Waals surface area (Å²) in [5.74, 6) is 0.836.